The molecular formula is C11H23N3O3. The average molecular weight is 245 g/mol. The second kappa shape index (κ2) is 7.89. The number of aliphatic carboxylic acids is 1. The number of carboxylic acid groups (broad SMARTS) is 1. The van der Waals surface area contributed by atoms with E-state index in [0.717, 1.165) is 0 Å². The van der Waals surface area contributed by atoms with Crippen LogP contribution in [-0.2, 0) is 4.79 Å². The zero-order valence-corrected chi connectivity index (χ0v) is 11.0. The summed E-state index contributed by atoms with van der Waals surface area (Å²) >= 11 is 0. The van der Waals surface area contributed by atoms with Crippen molar-refractivity contribution in [3.63, 3.8) is 0 Å². The zero-order valence-electron chi connectivity index (χ0n) is 11.0. The minimum atomic E-state index is -0.992. The van der Waals surface area contributed by atoms with E-state index in [1.54, 1.807) is 14.1 Å². The number of carboxylic acids is 1. The van der Waals surface area contributed by atoms with E-state index in [4.69, 9.17) is 5.11 Å². The predicted molar refractivity (Wildman–Crippen MR) is 66.0 cm³/mol. The summed E-state index contributed by atoms with van der Waals surface area (Å²) in [5.74, 6) is -0.770. The molecule has 3 N–H and O–H groups in total. The second-order valence-electron chi connectivity index (χ2n) is 4.49. The number of likely N-dealkylation sites (N-methyl/N-ethyl adjacent to an activating group) is 2. The molecule has 0 bridgehead atoms. The first-order valence-corrected chi connectivity index (χ1v) is 5.77. The van der Waals surface area contributed by atoms with Crippen LogP contribution < -0.4 is 10.6 Å². The van der Waals surface area contributed by atoms with Crippen molar-refractivity contribution in [2.75, 3.05) is 27.2 Å². The number of urea groups is 1. The lowest BCUT2D eigenvalue weighted by Crippen LogP contribution is -2.48. The van der Waals surface area contributed by atoms with Crippen molar-refractivity contribution in [3.05, 3.63) is 0 Å². The molecule has 6 heteroatoms. The Morgan fingerprint density at radius 1 is 1.35 bits per heavy atom. The average Bonchev–Trinajstić information content (AvgIpc) is 2.23. The van der Waals surface area contributed by atoms with Crippen molar-refractivity contribution in [1.82, 2.24) is 15.5 Å². The number of carbonyl (C=O) groups excluding carboxylic acids is 1. The molecule has 100 valence electrons. The molecule has 1 atom stereocenters. The van der Waals surface area contributed by atoms with Crippen LogP contribution in [0.1, 0.15) is 20.3 Å². The summed E-state index contributed by atoms with van der Waals surface area (Å²) in [6, 6.07) is -1.17. The fraction of sp³-hybridized carbons (Fsp3) is 0.818. The Morgan fingerprint density at radius 2 is 1.94 bits per heavy atom. The van der Waals surface area contributed by atoms with Gasteiger partial charge in [-0.2, -0.15) is 0 Å². The van der Waals surface area contributed by atoms with Crippen LogP contribution in [0.5, 0.6) is 0 Å². The minimum Gasteiger partial charge on any atom is -0.480 e. The van der Waals surface area contributed by atoms with Crippen molar-refractivity contribution in [3.8, 4) is 0 Å². The van der Waals surface area contributed by atoms with Crippen molar-refractivity contribution >= 4 is 12.0 Å². The molecule has 0 saturated heterocycles. The number of nitrogens with one attached hydrogen (secondary N) is 2. The molecule has 2 amide bonds. The molecule has 0 rings (SSSR count). The Bertz CT molecular complexity index is 256. The number of nitrogens with zero attached hydrogens (tertiary/aromatic N) is 1. The van der Waals surface area contributed by atoms with Gasteiger partial charge >= 0.3 is 12.0 Å². The first kappa shape index (κ1) is 15.7. The van der Waals surface area contributed by atoms with Crippen LogP contribution in [0.2, 0.25) is 0 Å². The van der Waals surface area contributed by atoms with Gasteiger partial charge in [-0.1, -0.05) is 13.8 Å². The minimum absolute atomic E-state index is 0.221. The first-order valence-electron chi connectivity index (χ1n) is 5.77. The molecular weight excluding hydrogens is 222 g/mol. The van der Waals surface area contributed by atoms with E-state index >= 15 is 0 Å². The van der Waals surface area contributed by atoms with Crippen LogP contribution in [-0.4, -0.2) is 55.2 Å². The lowest BCUT2D eigenvalue weighted by Gasteiger charge is -2.22. The van der Waals surface area contributed by atoms with Gasteiger partial charge in [0.2, 0.25) is 0 Å². The Morgan fingerprint density at radius 3 is 2.35 bits per heavy atom. The van der Waals surface area contributed by atoms with Crippen LogP contribution in [0.3, 0.4) is 0 Å². The third kappa shape index (κ3) is 6.78. The molecule has 0 heterocycles. The van der Waals surface area contributed by atoms with Gasteiger partial charge in [0, 0.05) is 20.1 Å². The molecule has 0 unspecified atom stereocenters. The Labute approximate surface area is 102 Å². The van der Waals surface area contributed by atoms with E-state index in [-0.39, 0.29) is 11.9 Å². The summed E-state index contributed by atoms with van der Waals surface area (Å²) in [7, 11) is 3.44. The van der Waals surface area contributed by atoms with Crippen LogP contribution in [0, 0.1) is 5.92 Å². The van der Waals surface area contributed by atoms with Crippen molar-refractivity contribution < 1.29 is 14.7 Å². The standard InChI is InChI=1S/C11H23N3O3/c1-8(2)7-9(10(15)16)13-11(17)14(4)6-5-12-3/h8-9,12H,5-7H2,1-4H3,(H,13,17)(H,15,16)/t9-/m0/s1. The number of hydrogen-bond acceptors (Lipinski definition) is 3. The quantitative estimate of drug-likeness (QED) is 0.604. The summed E-state index contributed by atoms with van der Waals surface area (Å²) in [5.41, 5.74) is 0. The molecule has 0 saturated carbocycles. The summed E-state index contributed by atoms with van der Waals surface area (Å²) in [6.45, 7) is 5.06. The lowest BCUT2D eigenvalue weighted by atomic mass is 10.0. The van der Waals surface area contributed by atoms with Gasteiger partial charge in [-0.25, -0.2) is 9.59 Å². The fourth-order valence-corrected chi connectivity index (χ4v) is 1.33. The Balaban J connectivity index is 4.25. The zero-order chi connectivity index (χ0) is 13.4. The van der Waals surface area contributed by atoms with Gasteiger partial charge in [-0.3, -0.25) is 0 Å². The van der Waals surface area contributed by atoms with E-state index in [9.17, 15) is 9.59 Å². The topological polar surface area (TPSA) is 81.7 Å². The molecule has 17 heavy (non-hydrogen) atoms. The van der Waals surface area contributed by atoms with E-state index < -0.39 is 12.0 Å². The van der Waals surface area contributed by atoms with E-state index in [1.807, 2.05) is 13.8 Å². The lowest BCUT2D eigenvalue weighted by molar-refractivity contribution is -0.139. The molecule has 0 fully saturated rings. The van der Waals surface area contributed by atoms with Gasteiger partial charge in [0.05, 0.1) is 0 Å². The molecule has 0 spiro atoms. The molecule has 0 aromatic carbocycles. The molecule has 0 aliphatic heterocycles. The molecule has 0 radical (unpaired) electrons. The van der Waals surface area contributed by atoms with Crippen LogP contribution in [0.15, 0.2) is 0 Å². The Hall–Kier alpha value is -1.30. The molecule has 0 aliphatic carbocycles. The van der Waals surface area contributed by atoms with Gasteiger partial charge in [0.1, 0.15) is 6.04 Å². The predicted octanol–water partition coefficient (Wildman–Crippen LogP) is 0.347. The number of amides is 2. The van der Waals surface area contributed by atoms with Crippen LogP contribution >= 0.6 is 0 Å². The van der Waals surface area contributed by atoms with Gasteiger partial charge in [0.15, 0.2) is 0 Å². The monoisotopic (exact) mass is 245 g/mol. The normalized spacial score (nSPS) is 12.3. The van der Waals surface area contributed by atoms with Crippen molar-refractivity contribution in [2.45, 2.75) is 26.3 Å². The number of hydrogen-bond donors (Lipinski definition) is 3. The SMILES string of the molecule is CNCCN(C)C(=O)N[C@@H](CC(C)C)C(=O)O. The van der Waals surface area contributed by atoms with Gasteiger partial charge in [-0.15, -0.1) is 0 Å². The highest BCUT2D eigenvalue weighted by atomic mass is 16.4. The summed E-state index contributed by atoms with van der Waals surface area (Å²) in [4.78, 5) is 24.1. The summed E-state index contributed by atoms with van der Waals surface area (Å²) in [5, 5.41) is 14.4. The third-order valence-electron chi connectivity index (χ3n) is 2.35. The van der Waals surface area contributed by atoms with Gasteiger partial charge < -0.3 is 20.6 Å². The highest BCUT2D eigenvalue weighted by Crippen LogP contribution is 2.05. The maximum atomic E-state index is 11.7. The second-order valence-corrected chi connectivity index (χ2v) is 4.49. The summed E-state index contributed by atoms with van der Waals surface area (Å²) in [6.07, 6.45) is 0.431. The molecule has 0 aliphatic rings. The fourth-order valence-electron chi connectivity index (χ4n) is 1.33. The van der Waals surface area contributed by atoms with E-state index in [1.165, 1.54) is 4.90 Å². The summed E-state index contributed by atoms with van der Waals surface area (Å²) < 4.78 is 0. The van der Waals surface area contributed by atoms with E-state index in [2.05, 4.69) is 10.6 Å². The first-order chi connectivity index (χ1) is 7.88. The maximum Gasteiger partial charge on any atom is 0.326 e. The maximum absolute atomic E-state index is 11.7. The van der Waals surface area contributed by atoms with Gasteiger partial charge in [-0.05, 0) is 19.4 Å². The highest BCUT2D eigenvalue weighted by Gasteiger charge is 2.22. The molecule has 6 nitrogen and oxygen atoms in total. The highest BCUT2D eigenvalue weighted by molar-refractivity contribution is 5.82. The smallest absolute Gasteiger partial charge is 0.326 e. The van der Waals surface area contributed by atoms with Crippen molar-refractivity contribution in [2.24, 2.45) is 5.92 Å². The van der Waals surface area contributed by atoms with Gasteiger partial charge in [0.25, 0.3) is 0 Å². The van der Waals surface area contributed by atoms with Crippen LogP contribution in [0.4, 0.5) is 4.79 Å². The molecule has 0 aromatic rings. The molecule has 0 aromatic heterocycles. The largest absolute Gasteiger partial charge is 0.480 e. The van der Waals surface area contributed by atoms with Crippen molar-refractivity contribution in [1.29, 1.82) is 0 Å². The third-order valence-corrected chi connectivity index (χ3v) is 2.35. The van der Waals surface area contributed by atoms with E-state index in [0.29, 0.717) is 19.5 Å². The van der Waals surface area contributed by atoms with Crippen LogP contribution in [0.25, 0.3) is 0 Å². The Kier molecular flexibility index (Phi) is 7.29. The number of carbonyl (C=O) groups is 2. The number of rotatable bonds is 7.